The molecule has 1 atom stereocenters. The van der Waals surface area contributed by atoms with Crippen LogP contribution in [0.1, 0.15) is 70.3 Å². The summed E-state index contributed by atoms with van der Waals surface area (Å²) in [6, 6.07) is 9.81. The topological polar surface area (TPSA) is 43.4 Å². The number of carbonyl (C=O) groups is 2. The lowest BCUT2D eigenvalue weighted by atomic mass is 9.95. The van der Waals surface area contributed by atoms with E-state index in [2.05, 4.69) is 6.92 Å². The fourth-order valence-electron chi connectivity index (χ4n) is 2.66. The molecule has 0 bridgehead atoms. The van der Waals surface area contributed by atoms with E-state index in [0.717, 1.165) is 63.2 Å². The number of unbranched alkanes of at least 4 members (excludes halogenated alkanes) is 5. The number of hydrogen-bond donors (Lipinski definition) is 0. The molecule has 0 heterocycles. The summed E-state index contributed by atoms with van der Waals surface area (Å²) in [5.74, 6) is -0.0677. The van der Waals surface area contributed by atoms with E-state index in [-0.39, 0.29) is 11.9 Å². The standard InChI is InChI=1S/C20H30O3/c1-2-3-7-14-19(15-10-4-5-11-16-21)20(22)23-17-18-12-8-6-9-13-18/h6,8-9,12-13,16,19H,2-5,7,10-11,14-15,17H2,1H3. The molecule has 1 rings (SSSR count). The molecule has 0 N–H and O–H groups in total. The van der Waals surface area contributed by atoms with Crippen molar-refractivity contribution in [1.29, 1.82) is 0 Å². The van der Waals surface area contributed by atoms with Gasteiger partial charge in [-0.2, -0.15) is 0 Å². The molecule has 1 unspecified atom stereocenters. The predicted octanol–water partition coefficient (Wildman–Crippen LogP) is 5.08. The van der Waals surface area contributed by atoms with Crippen molar-refractivity contribution in [3.05, 3.63) is 35.9 Å². The third-order valence-corrected chi connectivity index (χ3v) is 4.09. The van der Waals surface area contributed by atoms with Gasteiger partial charge in [-0.15, -0.1) is 0 Å². The minimum absolute atomic E-state index is 0.00138. The number of benzene rings is 1. The van der Waals surface area contributed by atoms with Crippen LogP contribution in [-0.2, 0) is 20.9 Å². The highest BCUT2D eigenvalue weighted by Crippen LogP contribution is 2.20. The van der Waals surface area contributed by atoms with Crippen LogP contribution in [0, 0.1) is 5.92 Å². The summed E-state index contributed by atoms with van der Waals surface area (Å²) >= 11 is 0. The molecule has 0 amide bonds. The molecular weight excluding hydrogens is 288 g/mol. The van der Waals surface area contributed by atoms with Gasteiger partial charge in [0.25, 0.3) is 0 Å². The van der Waals surface area contributed by atoms with Gasteiger partial charge in [0, 0.05) is 6.42 Å². The Morgan fingerprint density at radius 3 is 2.39 bits per heavy atom. The summed E-state index contributed by atoms with van der Waals surface area (Å²) in [6.07, 6.45) is 9.69. The lowest BCUT2D eigenvalue weighted by molar-refractivity contribution is -0.150. The van der Waals surface area contributed by atoms with Gasteiger partial charge in [0.1, 0.15) is 12.9 Å². The van der Waals surface area contributed by atoms with Crippen LogP contribution in [0.15, 0.2) is 30.3 Å². The molecule has 1 aromatic carbocycles. The first kappa shape index (κ1) is 19.4. The van der Waals surface area contributed by atoms with Crippen molar-refractivity contribution in [2.45, 2.75) is 71.3 Å². The van der Waals surface area contributed by atoms with Crippen LogP contribution >= 0.6 is 0 Å². The molecule has 23 heavy (non-hydrogen) atoms. The highest BCUT2D eigenvalue weighted by Gasteiger charge is 2.19. The maximum atomic E-state index is 12.4. The van der Waals surface area contributed by atoms with E-state index in [0.29, 0.717) is 13.0 Å². The van der Waals surface area contributed by atoms with E-state index in [9.17, 15) is 9.59 Å². The fraction of sp³-hybridized carbons (Fsp3) is 0.600. The fourth-order valence-corrected chi connectivity index (χ4v) is 2.66. The van der Waals surface area contributed by atoms with Crippen LogP contribution in [0.4, 0.5) is 0 Å². The second kappa shape index (κ2) is 12.9. The highest BCUT2D eigenvalue weighted by atomic mass is 16.5. The molecule has 0 aliphatic heterocycles. The zero-order valence-electron chi connectivity index (χ0n) is 14.3. The Balaban J connectivity index is 2.38. The van der Waals surface area contributed by atoms with Crippen LogP contribution in [0.2, 0.25) is 0 Å². The number of esters is 1. The largest absolute Gasteiger partial charge is 0.461 e. The number of aldehydes is 1. The van der Waals surface area contributed by atoms with E-state index in [1.54, 1.807) is 0 Å². The molecule has 0 fully saturated rings. The molecule has 128 valence electrons. The molecule has 3 nitrogen and oxygen atoms in total. The van der Waals surface area contributed by atoms with Crippen molar-refractivity contribution < 1.29 is 14.3 Å². The van der Waals surface area contributed by atoms with Crippen LogP contribution < -0.4 is 0 Å². The van der Waals surface area contributed by atoms with Crippen molar-refractivity contribution in [3.8, 4) is 0 Å². The molecule has 1 aromatic rings. The molecule has 0 saturated carbocycles. The van der Waals surface area contributed by atoms with E-state index < -0.39 is 0 Å². The minimum atomic E-state index is -0.0691. The minimum Gasteiger partial charge on any atom is -0.461 e. The third kappa shape index (κ3) is 9.17. The lowest BCUT2D eigenvalue weighted by Crippen LogP contribution is -2.18. The van der Waals surface area contributed by atoms with Gasteiger partial charge in [0.05, 0.1) is 5.92 Å². The number of hydrogen-bond acceptors (Lipinski definition) is 3. The van der Waals surface area contributed by atoms with Crippen molar-refractivity contribution in [1.82, 2.24) is 0 Å². The number of ether oxygens (including phenoxy) is 1. The van der Waals surface area contributed by atoms with Crippen molar-refractivity contribution in [2.24, 2.45) is 5.92 Å². The molecule has 3 heteroatoms. The molecule has 0 radical (unpaired) electrons. The average molecular weight is 318 g/mol. The van der Waals surface area contributed by atoms with E-state index >= 15 is 0 Å². The van der Waals surface area contributed by atoms with Crippen molar-refractivity contribution in [3.63, 3.8) is 0 Å². The lowest BCUT2D eigenvalue weighted by Gasteiger charge is -2.16. The van der Waals surface area contributed by atoms with Gasteiger partial charge in [-0.25, -0.2) is 0 Å². The first-order valence-corrected chi connectivity index (χ1v) is 8.92. The van der Waals surface area contributed by atoms with Crippen molar-refractivity contribution >= 4 is 12.3 Å². The van der Waals surface area contributed by atoms with Gasteiger partial charge in [-0.3, -0.25) is 4.79 Å². The Kier molecular flexibility index (Phi) is 10.9. The van der Waals surface area contributed by atoms with Crippen LogP contribution in [-0.4, -0.2) is 12.3 Å². The molecule has 0 saturated heterocycles. The number of carbonyl (C=O) groups excluding carboxylic acids is 2. The highest BCUT2D eigenvalue weighted by molar-refractivity contribution is 5.72. The second-order valence-corrected chi connectivity index (χ2v) is 6.09. The van der Waals surface area contributed by atoms with Gasteiger partial charge < -0.3 is 9.53 Å². The molecule has 0 aromatic heterocycles. The monoisotopic (exact) mass is 318 g/mol. The molecule has 0 aliphatic carbocycles. The summed E-state index contributed by atoms with van der Waals surface area (Å²) in [7, 11) is 0. The van der Waals surface area contributed by atoms with Gasteiger partial charge in [0.2, 0.25) is 0 Å². The van der Waals surface area contributed by atoms with Gasteiger partial charge >= 0.3 is 5.97 Å². The average Bonchev–Trinajstić information content (AvgIpc) is 2.59. The normalized spacial score (nSPS) is 11.9. The Bertz CT molecular complexity index is 428. The van der Waals surface area contributed by atoms with Crippen LogP contribution in [0.5, 0.6) is 0 Å². The zero-order valence-corrected chi connectivity index (χ0v) is 14.3. The maximum Gasteiger partial charge on any atom is 0.309 e. The maximum absolute atomic E-state index is 12.4. The Morgan fingerprint density at radius 2 is 1.74 bits per heavy atom. The Hall–Kier alpha value is -1.64. The first-order valence-electron chi connectivity index (χ1n) is 8.92. The molecule has 0 spiro atoms. The SMILES string of the molecule is CCCCCC(CCCCCC=O)C(=O)OCc1ccccc1. The Morgan fingerprint density at radius 1 is 1.04 bits per heavy atom. The summed E-state index contributed by atoms with van der Waals surface area (Å²) in [6.45, 7) is 2.53. The summed E-state index contributed by atoms with van der Waals surface area (Å²) in [4.78, 5) is 22.7. The molecular formula is C20H30O3. The van der Waals surface area contributed by atoms with E-state index in [4.69, 9.17) is 4.74 Å². The van der Waals surface area contributed by atoms with Crippen LogP contribution in [0.25, 0.3) is 0 Å². The van der Waals surface area contributed by atoms with Gasteiger partial charge in [-0.1, -0.05) is 69.4 Å². The summed E-state index contributed by atoms with van der Waals surface area (Å²) in [5.41, 5.74) is 1.03. The third-order valence-electron chi connectivity index (χ3n) is 4.09. The Labute approximate surface area is 140 Å². The number of rotatable bonds is 13. The van der Waals surface area contributed by atoms with Crippen molar-refractivity contribution in [2.75, 3.05) is 0 Å². The predicted molar refractivity (Wildman–Crippen MR) is 93.0 cm³/mol. The quantitative estimate of drug-likeness (QED) is 0.289. The molecule has 0 aliphatic rings. The van der Waals surface area contributed by atoms with E-state index in [1.165, 1.54) is 0 Å². The second-order valence-electron chi connectivity index (χ2n) is 6.09. The zero-order chi connectivity index (χ0) is 16.8. The summed E-state index contributed by atoms with van der Waals surface area (Å²) < 4.78 is 5.50. The van der Waals surface area contributed by atoms with Crippen LogP contribution in [0.3, 0.4) is 0 Å². The smallest absolute Gasteiger partial charge is 0.309 e. The van der Waals surface area contributed by atoms with Gasteiger partial charge in [-0.05, 0) is 24.8 Å². The first-order chi connectivity index (χ1) is 11.3. The van der Waals surface area contributed by atoms with E-state index in [1.807, 2.05) is 30.3 Å². The van der Waals surface area contributed by atoms with Gasteiger partial charge in [0.15, 0.2) is 0 Å². The summed E-state index contributed by atoms with van der Waals surface area (Å²) in [5, 5.41) is 0.